The molecule has 174 valence electrons. The molecule has 33 heavy (non-hydrogen) atoms. The molecule has 3 aromatic rings. The van der Waals surface area contributed by atoms with Gasteiger partial charge in [0.1, 0.15) is 5.75 Å². The molecule has 2 fully saturated rings. The van der Waals surface area contributed by atoms with Gasteiger partial charge >= 0.3 is 5.97 Å². The maximum atomic E-state index is 11.4. The van der Waals surface area contributed by atoms with Crippen LogP contribution in [-0.4, -0.2) is 47.3 Å². The lowest BCUT2D eigenvalue weighted by molar-refractivity contribution is -0.0679. The molecule has 0 spiro atoms. The number of benzene rings is 2. The highest BCUT2D eigenvalue weighted by Gasteiger charge is 2.49. The van der Waals surface area contributed by atoms with Crippen LogP contribution in [0.15, 0.2) is 42.6 Å². The van der Waals surface area contributed by atoms with Gasteiger partial charge in [-0.1, -0.05) is 12.1 Å². The first-order valence-electron chi connectivity index (χ1n) is 11.8. The standard InChI is InChI=1S/C27H32N2O4/c1-4-33-26-19-9-10-21(26)25(17-5-7-18(8-6-17)27(30)31)29(14-19)15-22-20-11-12-28-24(20)16(2)13-23(22)32-3/h5-8,11-13,19,21,25-26,28H,4,9-10,14-15H2,1-3H3,(H,30,31). The number of carbonyl (C=O) groups is 1. The van der Waals surface area contributed by atoms with Crippen LogP contribution in [0.4, 0.5) is 0 Å². The molecule has 1 saturated carbocycles. The second kappa shape index (κ2) is 8.84. The van der Waals surface area contributed by atoms with Gasteiger partial charge in [0.2, 0.25) is 0 Å². The smallest absolute Gasteiger partial charge is 0.335 e. The summed E-state index contributed by atoms with van der Waals surface area (Å²) in [5.74, 6) is 0.924. The lowest BCUT2D eigenvalue weighted by Gasteiger charge is -2.45. The number of aryl methyl sites for hydroxylation is 1. The Bertz CT molecular complexity index is 1150. The van der Waals surface area contributed by atoms with E-state index in [1.54, 1.807) is 19.2 Å². The zero-order valence-electron chi connectivity index (χ0n) is 19.5. The summed E-state index contributed by atoms with van der Waals surface area (Å²) < 4.78 is 12.1. The molecule has 2 aromatic carbocycles. The minimum absolute atomic E-state index is 0.170. The average Bonchev–Trinajstić information content (AvgIpc) is 3.40. The molecule has 2 N–H and O–H groups in total. The van der Waals surface area contributed by atoms with Crippen molar-refractivity contribution in [2.24, 2.45) is 11.8 Å². The first-order valence-corrected chi connectivity index (χ1v) is 11.8. The molecule has 1 saturated heterocycles. The second-order valence-corrected chi connectivity index (χ2v) is 9.36. The first kappa shape index (κ1) is 22.0. The SMILES string of the molecule is CCOC1C2CCC1C(c1ccc(C(=O)O)cc1)N(Cc1c(OC)cc(C)c3[nH]ccc13)C2. The molecule has 2 heterocycles. The van der Waals surface area contributed by atoms with Crippen LogP contribution < -0.4 is 4.74 Å². The van der Waals surface area contributed by atoms with E-state index in [0.717, 1.165) is 42.9 Å². The topological polar surface area (TPSA) is 74.8 Å². The third-order valence-electron chi connectivity index (χ3n) is 7.58. The number of nitrogens with one attached hydrogen (secondary N) is 1. The molecular formula is C27H32N2O4. The van der Waals surface area contributed by atoms with Crippen LogP contribution in [0, 0.1) is 18.8 Å². The number of hydrogen-bond donors (Lipinski definition) is 2. The van der Waals surface area contributed by atoms with Crippen molar-refractivity contribution in [1.29, 1.82) is 0 Å². The number of carboxylic acid groups (broad SMARTS) is 1. The Kier molecular flexibility index (Phi) is 5.89. The Morgan fingerprint density at radius 1 is 1.21 bits per heavy atom. The molecule has 1 aliphatic carbocycles. The van der Waals surface area contributed by atoms with Gasteiger partial charge in [-0.2, -0.15) is 0 Å². The first-order chi connectivity index (χ1) is 16.0. The lowest BCUT2D eigenvalue weighted by Crippen LogP contribution is -2.47. The fraction of sp³-hybridized carbons (Fsp3) is 0.444. The molecule has 4 unspecified atom stereocenters. The number of rotatable bonds is 7. The fourth-order valence-electron chi connectivity index (χ4n) is 6.18. The van der Waals surface area contributed by atoms with E-state index in [0.29, 0.717) is 17.4 Å². The number of fused-ring (bicyclic) bond motifs is 3. The number of aromatic nitrogens is 1. The van der Waals surface area contributed by atoms with E-state index >= 15 is 0 Å². The van der Waals surface area contributed by atoms with Crippen LogP contribution in [0.25, 0.3) is 10.9 Å². The summed E-state index contributed by atoms with van der Waals surface area (Å²) in [6, 6.07) is 11.8. The van der Waals surface area contributed by atoms with E-state index < -0.39 is 5.97 Å². The van der Waals surface area contributed by atoms with Gasteiger partial charge in [-0.3, -0.25) is 4.90 Å². The minimum Gasteiger partial charge on any atom is -0.496 e. The number of hydrogen-bond acceptors (Lipinski definition) is 4. The van der Waals surface area contributed by atoms with Gasteiger partial charge in [0.05, 0.1) is 18.8 Å². The average molecular weight is 449 g/mol. The molecule has 5 rings (SSSR count). The van der Waals surface area contributed by atoms with Crippen molar-refractivity contribution in [3.05, 3.63) is 64.8 Å². The monoisotopic (exact) mass is 448 g/mol. The Hall–Kier alpha value is -2.83. The number of aromatic amines is 1. The number of ether oxygens (including phenoxy) is 2. The maximum absolute atomic E-state index is 11.4. The molecule has 0 radical (unpaired) electrons. The zero-order valence-corrected chi connectivity index (χ0v) is 19.5. The molecular weight excluding hydrogens is 416 g/mol. The number of piperidine rings is 1. The van der Waals surface area contributed by atoms with Crippen LogP contribution in [0.5, 0.6) is 5.75 Å². The van der Waals surface area contributed by atoms with Crippen LogP contribution in [-0.2, 0) is 11.3 Å². The van der Waals surface area contributed by atoms with E-state index in [-0.39, 0.29) is 12.1 Å². The van der Waals surface area contributed by atoms with E-state index in [1.807, 2.05) is 18.3 Å². The van der Waals surface area contributed by atoms with Crippen molar-refractivity contribution in [1.82, 2.24) is 9.88 Å². The van der Waals surface area contributed by atoms with Gasteiger partial charge in [0.25, 0.3) is 0 Å². The molecule has 6 nitrogen and oxygen atoms in total. The largest absolute Gasteiger partial charge is 0.496 e. The number of aromatic carboxylic acids is 1. The summed E-state index contributed by atoms with van der Waals surface area (Å²) in [5.41, 5.74) is 5.00. The van der Waals surface area contributed by atoms with Gasteiger partial charge in [0.15, 0.2) is 0 Å². The van der Waals surface area contributed by atoms with Crippen LogP contribution >= 0.6 is 0 Å². The second-order valence-electron chi connectivity index (χ2n) is 9.36. The number of methoxy groups -OCH3 is 1. The predicted octanol–water partition coefficient (Wildman–Crippen LogP) is 5.17. The summed E-state index contributed by atoms with van der Waals surface area (Å²) in [4.78, 5) is 17.4. The number of carboxylic acids is 1. The van der Waals surface area contributed by atoms with Gasteiger partial charge in [-0.15, -0.1) is 0 Å². The highest BCUT2D eigenvalue weighted by molar-refractivity contribution is 5.88. The summed E-state index contributed by atoms with van der Waals surface area (Å²) in [6.07, 6.45) is 4.54. The normalized spacial score (nSPS) is 24.9. The maximum Gasteiger partial charge on any atom is 0.335 e. The number of nitrogens with zero attached hydrogens (tertiary/aromatic N) is 1. The zero-order chi connectivity index (χ0) is 23.1. The molecule has 4 atom stereocenters. The van der Waals surface area contributed by atoms with Gasteiger partial charge < -0.3 is 19.6 Å². The summed E-state index contributed by atoms with van der Waals surface area (Å²) in [5, 5.41) is 10.6. The van der Waals surface area contributed by atoms with Crippen LogP contribution in [0.3, 0.4) is 0 Å². The predicted molar refractivity (Wildman–Crippen MR) is 128 cm³/mol. The third kappa shape index (κ3) is 3.81. The Morgan fingerprint density at radius 2 is 2.00 bits per heavy atom. The number of likely N-dealkylation sites (tertiary alicyclic amines) is 1. The van der Waals surface area contributed by atoms with E-state index in [1.165, 1.54) is 22.9 Å². The Labute approximate surface area is 194 Å². The molecule has 1 aromatic heterocycles. The van der Waals surface area contributed by atoms with Crippen molar-refractivity contribution >= 4 is 16.9 Å². The van der Waals surface area contributed by atoms with Crippen molar-refractivity contribution in [3.63, 3.8) is 0 Å². The third-order valence-corrected chi connectivity index (χ3v) is 7.58. The molecule has 2 bridgehead atoms. The van der Waals surface area contributed by atoms with E-state index in [2.05, 4.69) is 35.9 Å². The van der Waals surface area contributed by atoms with E-state index in [9.17, 15) is 9.90 Å². The van der Waals surface area contributed by atoms with Crippen LogP contribution in [0.2, 0.25) is 0 Å². The number of H-pyrrole nitrogens is 1. The lowest BCUT2D eigenvalue weighted by atomic mass is 9.82. The van der Waals surface area contributed by atoms with Gasteiger partial charge in [0, 0.05) is 54.3 Å². The highest BCUT2D eigenvalue weighted by atomic mass is 16.5. The van der Waals surface area contributed by atoms with Crippen molar-refractivity contribution < 1.29 is 19.4 Å². The quantitative estimate of drug-likeness (QED) is 0.522. The van der Waals surface area contributed by atoms with Crippen LogP contribution in [0.1, 0.15) is 52.9 Å². The fourth-order valence-corrected chi connectivity index (χ4v) is 6.18. The summed E-state index contributed by atoms with van der Waals surface area (Å²) in [7, 11) is 1.74. The van der Waals surface area contributed by atoms with Crippen molar-refractivity contribution in [2.45, 2.75) is 45.4 Å². The van der Waals surface area contributed by atoms with Crippen molar-refractivity contribution in [2.75, 3.05) is 20.3 Å². The molecule has 0 amide bonds. The minimum atomic E-state index is -0.894. The van der Waals surface area contributed by atoms with E-state index in [4.69, 9.17) is 9.47 Å². The molecule has 1 aliphatic heterocycles. The van der Waals surface area contributed by atoms with Gasteiger partial charge in [-0.25, -0.2) is 4.79 Å². The Morgan fingerprint density at radius 3 is 2.70 bits per heavy atom. The molecule has 2 aliphatic rings. The van der Waals surface area contributed by atoms with Crippen molar-refractivity contribution in [3.8, 4) is 5.75 Å². The highest BCUT2D eigenvalue weighted by Crippen LogP contribution is 2.50. The molecule has 6 heteroatoms. The Balaban J connectivity index is 1.56. The summed E-state index contributed by atoms with van der Waals surface area (Å²) in [6.45, 7) is 6.62. The summed E-state index contributed by atoms with van der Waals surface area (Å²) >= 11 is 0. The van der Waals surface area contributed by atoms with Gasteiger partial charge in [-0.05, 0) is 68.0 Å².